The number of fused-ring (bicyclic) bond motifs is 1. The molecule has 0 aliphatic carbocycles. The smallest absolute Gasteiger partial charge is 0.0770 e. The van der Waals surface area contributed by atoms with E-state index < -0.39 is 0 Å². The van der Waals surface area contributed by atoms with E-state index in [4.69, 9.17) is 4.74 Å². The highest BCUT2D eigenvalue weighted by Gasteiger charge is 2.27. The molecule has 2 atom stereocenters. The first-order valence-electron chi connectivity index (χ1n) is 6.52. The molecular weight excluding hydrogens is 224 g/mol. The standard InChI is InChI=1S/C15H18N2O/c1-16-15(14-8-4-10-18-14)12-5-2-7-13-11(12)6-3-9-17-13/h2-3,5-7,9,14-16H,4,8,10H2,1H3. The SMILES string of the molecule is CNC(c1cccc2ncccc12)C1CCCO1. The van der Waals surface area contributed by atoms with Gasteiger partial charge in [0.15, 0.2) is 0 Å². The van der Waals surface area contributed by atoms with Crippen LogP contribution in [0.2, 0.25) is 0 Å². The number of ether oxygens (including phenoxy) is 1. The summed E-state index contributed by atoms with van der Waals surface area (Å²) in [6.45, 7) is 0.881. The molecule has 1 aliphatic rings. The Morgan fingerprint density at radius 1 is 1.33 bits per heavy atom. The molecule has 3 nitrogen and oxygen atoms in total. The molecule has 0 saturated carbocycles. The molecule has 1 fully saturated rings. The first-order chi connectivity index (χ1) is 8.90. The summed E-state index contributed by atoms with van der Waals surface area (Å²) in [6.07, 6.45) is 4.40. The molecule has 94 valence electrons. The normalized spacial score (nSPS) is 21.3. The average molecular weight is 242 g/mol. The van der Waals surface area contributed by atoms with Crippen LogP contribution in [0, 0.1) is 0 Å². The number of aromatic nitrogens is 1. The van der Waals surface area contributed by atoms with Crippen molar-refractivity contribution in [3.63, 3.8) is 0 Å². The lowest BCUT2D eigenvalue weighted by atomic mass is 9.96. The molecule has 3 rings (SSSR count). The maximum Gasteiger partial charge on any atom is 0.0770 e. The summed E-state index contributed by atoms with van der Waals surface area (Å²) < 4.78 is 5.83. The lowest BCUT2D eigenvalue weighted by Gasteiger charge is -2.24. The maximum atomic E-state index is 5.83. The van der Waals surface area contributed by atoms with E-state index in [-0.39, 0.29) is 12.1 Å². The summed E-state index contributed by atoms with van der Waals surface area (Å²) in [5.41, 5.74) is 2.34. The molecule has 1 N–H and O–H groups in total. The van der Waals surface area contributed by atoms with Gasteiger partial charge in [0.1, 0.15) is 0 Å². The molecular formula is C15H18N2O. The second-order valence-corrected chi connectivity index (χ2v) is 4.74. The molecule has 0 radical (unpaired) electrons. The van der Waals surface area contributed by atoms with Crippen molar-refractivity contribution in [2.24, 2.45) is 0 Å². The average Bonchev–Trinajstić information content (AvgIpc) is 2.94. The predicted molar refractivity (Wildman–Crippen MR) is 72.5 cm³/mol. The summed E-state index contributed by atoms with van der Waals surface area (Å²) in [6, 6.07) is 10.7. The van der Waals surface area contributed by atoms with Gasteiger partial charge in [-0.2, -0.15) is 0 Å². The van der Waals surface area contributed by atoms with Gasteiger partial charge in [0.05, 0.1) is 17.7 Å². The van der Waals surface area contributed by atoms with E-state index in [1.165, 1.54) is 10.9 Å². The molecule has 2 heterocycles. The maximum absolute atomic E-state index is 5.83. The second-order valence-electron chi connectivity index (χ2n) is 4.74. The Morgan fingerprint density at radius 3 is 3.06 bits per heavy atom. The van der Waals surface area contributed by atoms with Crippen molar-refractivity contribution in [2.45, 2.75) is 25.0 Å². The van der Waals surface area contributed by atoms with E-state index in [2.05, 4.69) is 34.6 Å². The Hall–Kier alpha value is -1.45. The van der Waals surface area contributed by atoms with Gasteiger partial charge >= 0.3 is 0 Å². The van der Waals surface area contributed by atoms with Gasteiger partial charge in [-0.05, 0) is 37.6 Å². The van der Waals surface area contributed by atoms with E-state index >= 15 is 0 Å². The summed E-state index contributed by atoms with van der Waals surface area (Å²) in [5.74, 6) is 0. The highest BCUT2D eigenvalue weighted by Crippen LogP contribution is 2.30. The molecule has 0 bridgehead atoms. The molecule has 3 heteroatoms. The van der Waals surface area contributed by atoms with Gasteiger partial charge in [-0.1, -0.05) is 18.2 Å². The molecule has 1 saturated heterocycles. The van der Waals surface area contributed by atoms with E-state index in [9.17, 15) is 0 Å². The van der Waals surface area contributed by atoms with Crippen molar-refractivity contribution in [3.8, 4) is 0 Å². The van der Waals surface area contributed by atoms with Gasteiger partial charge in [0.25, 0.3) is 0 Å². The highest BCUT2D eigenvalue weighted by molar-refractivity contribution is 5.82. The minimum Gasteiger partial charge on any atom is -0.376 e. The number of hydrogen-bond acceptors (Lipinski definition) is 3. The molecule has 2 aromatic rings. The van der Waals surface area contributed by atoms with Gasteiger partial charge < -0.3 is 10.1 Å². The van der Waals surface area contributed by atoms with Crippen LogP contribution in [0.1, 0.15) is 24.4 Å². The topological polar surface area (TPSA) is 34.2 Å². The monoisotopic (exact) mass is 242 g/mol. The number of nitrogens with zero attached hydrogens (tertiary/aromatic N) is 1. The molecule has 1 aromatic heterocycles. The van der Waals surface area contributed by atoms with Gasteiger partial charge in [-0.3, -0.25) is 4.98 Å². The minimum atomic E-state index is 0.250. The first-order valence-corrected chi connectivity index (χ1v) is 6.52. The fraction of sp³-hybridized carbons (Fsp3) is 0.400. The zero-order valence-electron chi connectivity index (χ0n) is 10.6. The van der Waals surface area contributed by atoms with Crippen LogP contribution in [0.25, 0.3) is 10.9 Å². The van der Waals surface area contributed by atoms with Crippen LogP contribution in [0.4, 0.5) is 0 Å². The van der Waals surface area contributed by atoms with Gasteiger partial charge in [0, 0.05) is 18.2 Å². The first kappa shape index (κ1) is 11.6. The number of hydrogen-bond donors (Lipinski definition) is 1. The third kappa shape index (κ3) is 2.00. The van der Waals surface area contributed by atoms with Crippen molar-refractivity contribution in [2.75, 3.05) is 13.7 Å². The van der Waals surface area contributed by atoms with Crippen LogP contribution >= 0.6 is 0 Å². The third-order valence-electron chi connectivity index (χ3n) is 3.66. The van der Waals surface area contributed by atoms with E-state index in [1.807, 2.05) is 19.3 Å². The lowest BCUT2D eigenvalue weighted by molar-refractivity contribution is 0.0812. The number of pyridine rings is 1. The van der Waals surface area contributed by atoms with Crippen molar-refractivity contribution >= 4 is 10.9 Å². The number of benzene rings is 1. The third-order valence-corrected chi connectivity index (χ3v) is 3.66. The van der Waals surface area contributed by atoms with Crippen LogP contribution in [0.5, 0.6) is 0 Å². The summed E-state index contributed by atoms with van der Waals surface area (Å²) in [7, 11) is 2.00. The largest absolute Gasteiger partial charge is 0.376 e. The van der Waals surface area contributed by atoms with Crippen LogP contribution in [-0.2, 0) is 4.74 Å². The number of likely N-dealkylation sites (N-methyl/N-ethyl adjacent to an activating group) is 1. The fourth-order valence-corrected chi connectivity index (χ4v) is 2.81. The summed E-state index contributed by atoms with van der Waals surface area (Å²) in [5, 5.41) is 4.62. The van der Waals surface area contributed by atoms with Crippen LogP contribution in [-0.4, -0.2) is 24.7 Å². The Balaban J connectivity index is 2.06. The van der Waals surface area contributed by atoms with Gasteiger partial charge in [-0.15, -0.1) is 0 Å². The predicted octanol–water partition coefficient (Wildman–Crippen LogP) is 2.67. The molecule has 2 unspecified atom stereocenters. The van der Waals surface area contributed by atoms with Crippen LogP contribution in [0.15, 0.2) is 36.5 Å². The Morgan fingerprint density at radius 2 is 2.28 bits per heavy atom. The van der Waals surface area contributed by atoms with Gasteiger partial charge in [0.2, 0.25) is 0 Å². The summed E-state index contributed by atoms with van der Waals surface area (Å²) >= 11 is 0. The van der Waals surface area contributed by atoms with Crippen molar-refractivity contribution in [1.29, 1.82) is 0 Å². The van der Waals surface area contributed by atoms with Crippen molar-refractivity contribution in [3.05, 3.63) is 42.1 Å². The van der Waals surface area contributed by atoms with Crippen molar-refractivity contribution < 1.29 is 4.74 Å². The second kappa shape index (κ2) is 5.04. The zero-order valence-corrected chi connectivity index (χ0v) is 10.6. The highest BCUT2D eigenvalue weighted by atomic mass is 16.5. The molecule has 18 heavy (non-hydrogen) atoms. The fourth-order valence-electron chi connectivity index (χ4n) is 2.81. The zero-order chi connectivity index (χ0) is 12.4. The van der Waals surface area contributed by atoms with E-state index in [0.717, 1.165) is 25.0 Å². The van der Waals surface area contributed by atoms with Gasteiger partial charge in [-0.25, -0.2) is 0 Å². The van der Waals surface area contributed by atoms with Crippen LogP contribution in [0.3, 0.4) is 0 Å². The Labute approximate surface area is 107 Å². The Kier molecular flexibility index (Phi) is 3.26. The van der Waals surface area contributed by atoms with Crippen LogP contribution < -0.4 is 5.32 Å². The number of nitrogens with one attached hydrogen (secondary N) is 1. The van der Waals surface area contributed by atoms with Crippen molar-refractivity contribution in [1.82, 2.24) is 10.3 Å². The Bertz CT molecular complexity index is 530. The quantitative estimate of drug-likeness (QED) is 0.898. The lowest BCUT2D eigenvalue weighted by Crippen LogP contribution is -2.29. The number of rotatable bonds is 3. The van der Waals surface area contributed by atoms with E-state index in [0.29, 0.717) is 0 Å². The molecule has 0 spiro atoms. The summed E-state index contributed by atoms with van der Waals surface area (Å²) in [4.78, 5) is 4.42. The molecule has 0 amide bonds. The molecule has 1 aliphatic heterocycles. The van der Waals surface area contributed by atoms with E-state index in [1.54, 1.807) is 0 Å². The molecule has 1 aromatic carbocycles. The minimum absolute atomic E-state index is 0.250.